The van der Waals surface area contributed by atoms with Gasteiger partial charge in [-0.1, -0.05) is 12.1 Å². The molecule has 0 saturated carbocycles. The van der Waals surface area contributed by atoms with E-state index >= 15 is 0 Å². The minimum atomic E-state index is -0.799. The Labute approximate surface area is 123 Å². The predicted molar refractivity (Wildman–Crippen MR) is 76.0 cm³/mol. The summed E-state index contributed by atoms with van der Waals surface area (Å²) in [6, 6.07) is 7.36. The first kappa shape index (κ1) is 15.1. The Bertz CT molecular complexity index is 800. The molecule has 0 aliphatic carbocycles. The maximum absolute atomic E-state index is 12.4. The number of hydrogen-bond acceptors (Lipinski definition) is 6. The number of aromatic hydroxyl groups is 1. The summed E-state index contributed by atoms with van der Waals surface area (Å²) in [5, 5.41) is 31.5. The third-order valence-corrected chi connectivity index (χ3v) is 2.99. The third kappa shape index (κ3) is 2.75. The van der Waals surface area contributed by atoms with Crippen molar-refractivity contribution < 1.29 is 19.7 Å². The first-order chi connectivity index (χ1) is 10.3. The lowest BCUT2D eigenvalue weighted by atomic mass is 9.99. The number of phenols is 1. The molecule has 0 fully saturated rings. The van der Waals surface area contributed by atoms with E-state index in [1.54, 1.807) is 0 Å². The van der Waals surface area contributed by atoms with Crippen LogP contribution in [0.3, 0.4) is 0 Å². The van der Waals surface area contributed by atoms with Crippen molar-refractivity contribution in [3.63, 3.8) is 0 Å². The van der Waals surface area contributed by atoms with Crippen LogP contribution < -0.4 is 0 Å². The van der Waals surface area contributed by atoms with E-state index in [2.05, 4.69) is 0 Å². The molecule has 2 rings (SSSR count). The summed E-state index contributed by atoms with van der Waals surface area (Å²) < 4.78 is 0. The van der Waals surface area contributed by atoms with Gasteiger partial charge < -0.3 is 5.11 Å². The molecule has 0 radical (unpaired) electrons. The first-order valence-corrected chi connectivity index (χ1v) is 6.08. The minimum Gasteiger partial charge on any atom is -0.502 e. The molecule has 112 valence electrons. The van der Waals surface area contributed by atoms with Gasteiger partial charge in [0.1, 0.15) is 0 Å². The molecule has 8 nitrogen and oxygen atoms in total. The van der Waals surface area contributed by atoms with E-state index < -0.39 is 27.1 Å². The molecule has 0 unspecified atom stereocenters. The van der Waals surface area contributed by atoms with Crippen LogP contribution in [-0.2, 0) is 0 Å². The zero-order chi connectivity index (χ0) is 16.4. The normalized spacial score (nSPS) is 10.2. The fourth-order valence-electron chi connectivity index (χ4n) is 1.99. The first-order valence-electron chi connectivity index (χ1n) is 6.08. The average Bonchev–Trinajstić information content (AvgIpc) is 2.48. The molecule has 0 aliphatic heterocycles. The molecule has 0 aromatic heterocycles. The Balaban J connectivity index is 2.57. The van der Waals surface area contributed by atoms with Gasteiger partial charge in [-0.3, -0.25) is 25.0 Å². The van der Waals surface area contributed by atoms with Crippen molar-refractivity contribution in [1.82, 2.24) is 0 Å². The van der Waals surface area contributed by atoms with Gasteiger partial charge in [-0.15, -0.1) is 0 Å². The van der Waals surface area contributed by atoms with Crippen LogP contribution in [0.25, 0.3) is 0 Å². The Hall–Kier alpha value is -3.29. The molecule has 0 atom stereocenters. The standard InChI is InChI=1S/C14H10N2O6/c1-8-5-11(14(18)12(6-8)16(21)22)13(17)9-3-2-4-10(7-9)15(19)20/h2-7,18H,1H3. The number of non-ortho nitro benzene ring substituents is 1. The third-order valence-electron chi connectivity index (χ3n) is 2.99. The summed E-state index contributed by atoms with van der Waals surface area (Å²) in [6.07, 6.45) is 0. The van der Waals surface area contributed by atoms with Crippen LogP contribution in [0.2, 0.25) is 0 Å². The largest absolute Gasteiger partial charge is 0.502 e. The zero-order valence-electron chi connectivity index (χ0n) is 11.3. The van der Waals surface area contributed by atoms with Crippen molar-refractivity contribution in [2.24, 2.45) is 0 Å². The van der Waals surface area contributed by atoms with Crippen LogP contribution in [0, 0.1) is 27.2 Å². The summed E-state index contributed by atoms with van der Waals surface area (Å²) >= 11 is 0. The van der Waals surface area contributed by atoms with Gasteiger partial charge in [0.05, 0.1) is 15.4 Å². The van der Waals surface area contributed by atoms with E-state index in [1.807, 2.05) is 0 Å². The molecule has 2 aromatic carbocycles. The second-order valence-electron chi connectivity index (χ2n) is 4.57. The van der Waals surface area contributed by atoms with E-state index in [4.69, 9.17) is 0 Å². The molecule has 0 heterocycles. The van der Waals surface area contributed by atoms with Crippen molar-refractivity contribution in [1.29, 1.82) is 0 Å². The van der Waals surface area contributed by atoms with Gasteiger partial charge in [0.25, 0.3) is 5.69 Å². The molecular formula is C14H10N2O6. The van der Waals surface area contributed by atoms with E-state index in [-0.39, 0.29) is 16.8 Å². The Kier molecular flexibility index (Phi) is 3.85. The topological polar surface area (TPSA) is 124 Å². The van der Waals surface area contributed by atoms with E-state index in [0.29, 0.717) is 5.56 Å². The Morgan fingerprint density at radius 3 is 2.36 bits per heavy atom. The van der Waals surface area contributed by atoms with Crippen LogP contribution in [0.1, 0.15) is 21.5 Å². The Morgan fingerprint density at radius 2 is 1.77 bits per heavy atom. The highest BCUT2D eigenvalue weighted by molar-refractivity contribution is 6.11. The molecule has 0 saturated heterocycles. The second-order valence-corrected chi connectivity index (χ2v) is 4.57. The smallest absolute Gasteiger partial charge is 0.311 e. The van der Waals surface area contributed by atoms with Gasteiger partial charge in [0.2, 0.25) is 5.75 Å². The minimum absolute atomic E-state index is 0.0376. The number of aryl methyl sites for hydroxylation is 1. The maximum atomic E-state index is 12.4. The zero-order valence-corrected chi connectivity index (χ0v) is 11.3. The summed E-state index contributed by atoms with van der Waals surface area (Å²) in [6.45, 7) is 1.54. The second kappa shape index (κ2) is 5.60. The highest BCUT2D eigenvalue weighted by atomic mass is 16.6. The molecule has 1 N–H and O–H groups in total. The van der Waals surface area contributed by atoms with Gasteiger partial charge in [-0.2, -0.15) is 0 Å². The average molecular weight is 302 g/mol. The van der Waals surface area contributed by atoms with Crippen LogP contribution >= 0.6 is 0 Å². The van der Waals surface area contributed by atoms with Gasteiger partial charge >= 0.3 is 5.69 Å². The summed E-state index contributed by atoms with van der Waals surface area (Å²) in [4.78, 5) is 32.5. The number of hydrogen-bond donors (Lipinski definition) is 1. The lowest BCUT2D eigenvalue weighted by molar-refractivity contribution is -0.385. The Morgan fingerprint density at radius 1 is 1.09 bits per heavy atom. The van der Waals surface area contributed by atoms with Crippen LogP contribution in [0.15, 0.2) is 36.4 Å². The maximum Gasteiger partial charge on any atom is 0.311 e. The van der Waals surface area contributed by atoms with Gasteiger partial charge in [-0.25, -0.2) is 0 Å². The number of benzene rings is 2. The van der Waals surface area contributed by atoms with Crippen molar-refractivity contribution in [3.05, 3.63) is 73.3 Å². The lowest BCUT2D eigenvalue weighted by Crippen LogP contribution is -2.04. The number of ketones is 1. The number of phenolic OH excluding ortho intramolecular Hbond substituents is 1. The van der Waals surface area contributed by atoms with Gasteiger partial charge in [0.15, 0.2) is 5.78 Å². The summed E-state index contributed by atoms with van der Waals surface area (Å²) in [5.74, 6) is -1.49. The molecular weight excluding hydrogens is 292 g/mol. The number of carbonyl (C=O) groups is 1. The lowest BCUT2D eigenvalue weighted by Gasteiger charge is -2.06. The molecule has 22 heavy (non-hydrogen) atoms. The SMILES string of the molecule is Cc1cc(C(=O)c2cccc([N+](=O)[O-])c2)c(O)c([N+](=O)[O-])c1. The fraction of sp³-hybridized carbons (Fsp3) is 0.0714. The highest BCUT2D eigenvalue weighted by Gasteiger charge is 2.24. The number of nitro benzene ring substituents is 2. The number of nitro groups is 2. The van der Waals surface area contributed by atoms with E-state index in [1.165, 1.54) is 31.2 Å². The number of nitrogens with zero attached hydrogens (tertiary/aromatic N) is 2. The summed E-state index contributed by atoms with van der Waals surface area (Å²) in [7, 11) is 0. The fourth-order valence-corrected chi connectivity index (χ4v) is 1.99. The van der Waals surface area contributed by atoms with Crippen LogP contribution in [-0.4, -0.2) is 20.7 Å². The number of carbonyl (C=O) groups excluding carboxylic acids is 1. The molecule has 8 heteroatoms. The van der Waals surface area contributed by atoms with Gasteiger partial charge in [-0.05, 0) is 18.6 Å². The van der Waals surface area contributed by atoms with Crippen molar-refractivity contribution in [3.8, 4) is 5.75 Å². The van der Waals surface area contributed by atoms with Crippen molar-refractivity contribution in [2.75, 3.05) is 0 Å². The molecule has 0 spiro atoms. The van der Waals surface area contributed by atoms with Crippen LogP contribution in [0.5, 0.6) is 5.75 Å². The molecule has 0 amide bonds. The predicted octanol–water partition coefficient (Wildman–Crippen LogP) is 2.75. The van der Waals surface area contributed by atoms with Crippen molar-refractivity contribution in [2.45, 2.75) is 6.92 Å². The number of rotatable bonds is 4. The quantitative estimate of drug-likeness (QED) is 0.526. The van der Waals surface area contributed by atoms with Gasteiger partial charge in [0, 0.05) is 23.8 Å². The molecule has 0 aliphatic rings. The highest BCUT2D eigenvalue weighted by Crippen LogP contribution is 2.33. The van der Waals surface area contributed by atoms with E-state index in [9.17, 15) is 30.1 Å². The molecule has 0 bridgehead atoms. The van der Waals surface area contributed by atoms with Crippen LogP contribution in [0.4, 0.5) is 11.4 Å². The monoisotopic (exact) mass is 302 g/mol. The molecule has 2 aromatic rings. The van der Waals surface area contributed by atoms with E-state index in [0.717, 1.165) is 12.1 Å². The summed E-state index contributed by atoms with van der Waals surface area (Å²) in [5.41, 5.74) is -0.767. The van der Waals surface area contributed by atoms with Crippen molar-refractivity contribution >= 4 is 17.2 Å².